The number of aryl methyl sites for hydroxylation is 1. The maximum absolute atomic E-state index is 13.1. The first-order valence-electron chi connectivity index (χ1n) is 11.9. The molecule has 0 bridgehead atoms. The number of imidazole rings is 1. The summed E-state index contributed by atoms with van der Waals surface area (Å²) in [6, 6.07) is 25.6. The van der Waals surface area contributed by atoms with Crippen LogP contribution in [0.5, 0.6) is 0 Å². The average Bonchev–Trinajstić information content (AvgIpc) is 3.23. The topological polar surface area (TPSA) is 103 Å². The fourth-order valence-corrected chi connectivity index (χ4v) is 4.31. The highest BCUT2D eigenvalue weighted by molar-refractivity contribution is 5.80. The molecule has 5 aromatic rings. The highest BCUT2D eigenvalue weighted by Gasteiger charge is 2.21. The van der Waals surface area contributed by atoms with Gasteiger partial charge in [0.15, 0.2) is 0 Å². The largest absolute Gasteiger partial charge is 0.383 e. The maximum Gasteiger partial charge on any atom is 0.333 e. The van der Waals surface area contributed by atoms with E-state index in [-0.39, 0.29) is 5.69 Å². The molecule has 7 nitrogen and oxygen atoms in total. The number of aromatic nitrogens is 4. The highest BCUT2D eigenvalue weighted by atomic mass is 16.1. The van der Waals surface area contributed by atoms with E-state index in [9.17, 15) is 10.1 Å². The lowest BCUT2D eigenvalue weighted by Crippen LogP contribution is -2.21. The predicted molar refractivity (Wildman–Crippen MR) is 146 cm³/mol. The van der Waals surface area contributed by atoms with E-state index in [4.69, 9.17) is 5.73 Å². The lowest BCUT2D eigenvalue weighted by atomic mass is 9.86. The van der Waals surface area contributed by atoms with Crippen molar-refractivity contribution in [1.82, 2.24) is 19.1 Å². The SMILES string of the molecule is Cn1cc(-c2cc(-c3cnc(N)c(-c4ccccc4)c3)ccn2)n(-c2ccc(C(C)(C)C#N)cc2)c1=O. The molecule has 3 heterocycles. The molecule has 0 aliphatic carbocycles. The normalized spacial score (nSPS) is 11.3. The Morgan fingerprint density at radius 1 is 0.919 bits per heavy atom. The van der Waals surface area contributed by atoms with E-state index in [2.05, 4.69) is 16.0 Å². The summed E-state index contributed by atoms with van der Waals surface area (Å²) in [6.45, 7) is 3.74. The number of hydrogen-bond acceptors (Lipinski definition) is 5. The second kappa shape index (κ2) is 9.25. The Bertz CT molecular complexity index is 1690. The number of pyridine rings is 2. The molecule has 2 aromatic carbocycles. The first kappa shape index (κ1) is 23.8. The minimum absolute atomic E-state index is 0.185. The van der Waals surface area contributed by atoms with Crippen LogP contribution in [0.3, 0.4) is 0 Å². The third kappa shape index (κ3) is 4.41. The van der Waals surface area contributed by atoms with Crippen LogP contribution in [0.25, 0.3) is 39.3 Å². The summed E-state index contributed by atoms with van der Waals surface area (Å²) in [4.78, 5) is 22.1. The third-order valence-corrected chi connectivity index (χ3v) is 6.54. The van der Waals surface area contributed by atoms with Crippen molar-refractivity contribution in [2.45, 2.75) is 19.3 Å². The van der Waals surface area contributed by atoms with E-state index in [1.165, 1.54) is 4.57 Å². The van der Waals surface area contributed by atoms with Gasteiger partial charge in [0.05, 0.1) is 28.6 Å². The number of hydrogen-bond donors (Lipinski definition) is 1. The number of rotatable bonds is 5. The van der Waals surface area contributed by atoms with Crippen LogP contribution in [0.2, 0.25) is 0 Å². The number of benzene rings is 2. The predicted octanol–water partition coefficient (Wildman–Crippen LogP) is 5.35. The molecule has 37 heavy (non-hydrogen) atoms. The molecule has 0 amide bonds. The third-order valence-electron chi connectivity index (χ3n) is 6.54. The van der Waals surface area contributed by atoms with E-state index >= 15 is 0 Å². The minimum atomic E-state index is -0.620. The summed E-state index contributed by atoms with van der Waals surface area (Å²) in [7, 11) is 1.72. The van der Waals surface area contributed by atoms with Crippen LogP contribution < -0.4 is 11.4 Å². The molecule has 0 saturated heterocycles. The summed E-state index contributed by atoms with van der Waals surface area (Å²) >= 11 is 0. The van der Waals surface area contributed by atoms with Gasteiger partial charge in [-0.15, -0.1) is 0 Å². The molecular formula is C30H26N6O. The Balaban J connectivity index is 1.58. The molecular weight excluding hydrogens is 460 g/mol. The van der Waals surface area contributed by atoms with Crippen LogP contribution in [0.15, 0.2) is 96.2 Å². The second-order valence-electron chi connectivity index (χ2n) is 9.48. The van der Waals surface area contributed by atoms with Crippen molar-refractivity contribution in [3.05, 3.63) is 107 Å². The molecule has 0 unspecified atom stereocenters. The lowest BCUT2D eigenvalue weighted by Gasteiger charge is -2.16. The zero-order valence-corrected chi connectivity index (χ0v) is 20.9. The molecule has 0 aliphatic rings. The molecule has 182 valence electrons. The first-order valence-corrected chi connectivity index (χ1v) is 11.9. The smallest absolute Gasteiger partial charge is 0.333 e. The average molecular weight is 487 g/mol. The molecule has 7 heteroatoms. The van der Waals surface area contributed by atoms with Crippen molar-refractivity contribution < 1.29 is 0 Å². The van der Waals surface area contributed by atoms with Crippen LogP contribution >= 0.6 is 0 Å². The fourth-order valence-electron chi connectivity index (χ4n) is 4.31. The summed E-state index contributed by atoms with van der Waals surface area (Å²) in [5.74, 6) is 0.462. The second-order valence-corrected chi connectivity index (χ2v) is 9.48. The van der Waals surface area contributed by atoms with Gasteiger partial charge in [0.25, 0.3) is 0 Å². The number of nitrogens with zero attached hydrogens (tertiary/aromatic N) is 5. The first-order chi connectivity index (χ1) is 17.8. The van der Waals surface area contributed by atoms with E-state index < -0.39 is 5.41 Å². The summed E-state index contributed by atoms with van der Waals surface area (Å²) < 4.78 is 3.17. The number of nitriles is 1. The van der Waals surface area contributed by atoms with Gasteiger partial charge in [0, 0.05) is 36.8 Å². The molecule has 2 N–H and O–H groups in total. The van der Waals surface area contributed by atoms with Crippen LogP contribution in [-0.4, -0.2) is 19.1 Å². The van der Waals surface area contributed by atoms with Crippen LogP contribution in [0.1, 0.15) is 19.4 Å². The van der Waals surface area contributed by atoms with Crippen LogP contribution in [-0.2, 0) is 12.5 Å². The van der Waals surface area contributed by atoms with Gasteiger partial charge < -0.3 is 10.3 Å². The van der Waals surface area contributed by atoms with Gasteiger partial charge in [0.1, 0.15) is 5.82 Å². The Kier molecular flexibility index (Phi) is 5.94. The number of anilines is 1. The molecule has 0 fully saturated rings. The molecule has 0 saturated carbocycles. The summed E-state index contributed by atoms with van der Waals surface area (Å²) in [5, 5.41) is 9.46. The molecule has 0 radical (unpaired) electrons. The Morgan fingerprint density at radius 3 is 2.35 bits per heavy atom. The lowest BCUT2D eigenvalue weighted by molar-refractivity contribution is 0.686. The van der Waals surface area contributed by atoms with Crippen molar-refractivity contribution >= 4 is 5.82 Å². The minimum Gasteiger partial charge on any atom is -0.383 e. The van der Waals surface area contributed by atoms with E-state index in [1.807, 2.05) is 86.6 Å². The maximum atomic E-state index is 13.1. The Labute approximate surface area is 215 Å². The summed E-state index contributed by atoms with van der Waals surface area (Å²) in [5.41, 5.74) is 11.9. The summed E-state index contributed by atoms with van der Waals surface area (Å²) in [6.07, 6.45) is 5.25. The van der Waals surface area contributed by atoms with Crippen molar-refractivity contribution in [2.75, 3.05) is 5.73 Å². The van der Waals surface area contributed by atoms with Crippen molar-refractivity contribution in [3.63, 3.8) is 0 Å². The quantitative estimate of drug-likeness (QED) is 0.361. The zero-order chi connectivity index (χ0) is 26.2. The van der Waals surface area contributed by atoms with Crippen LogP contribution in [0, 0.1) is 11.3 Å². The van der Waals surface area contributed by atoms with Crippen molar-refractivity contribution in [2.24, 2.45) is 7.05 Å². The number of nitrogen functional groups attached to an aromatic ring is 1. The van der Waals surface area contributed by atoms with Crippen LogP contribution in [0.4, 0.5) is 5.82 Å². The molecule has 0 atom stereocenters. The van der Waals surface area contributed by atoms with Gasteiger partial charge in [-0.05, 0) is 60.9 Å². The molecule has 5 rings (SSSR count). The van der Waals surface area contributed by atoms with Gasteiger partial charge in [-0.1, -0.05) is 42.5 Å². The molecule has 0 aliphatic heterocycles. The van der Waals surface area contributed by atoms with Crippen molar-refractivity contribution in [3.8, 4) is 45.4 Å². The fraction of sp³-hybridized carbons (Fsp3) is 0.133. The van der Waals surface area contributed by atoms with Gasteiger partial charge >= 0.3 is 5.69 Å². The standard InChI is InChI=1S/C30H26N6O/c1-30(2,19-31)23-9-11-24(12-10-23)36-27(18-35(3)29(36)37)26-16-21(13-14-33-26)22-15-25(28(32)34-17-22)20-7-5-4-6-8-20/h4-18H,1-3H3,(H2,32,34). The molecule has 0 spiro atoms. The van der Waals surface area contributed by atoms with Gasteiger partial charge in [-0.3, -0.25) is 9.55 Å². The Morgan fingerprint density at radius 2 is 1.65 bits per heavy atom. The monoisotopic (exact) mass is 486 g/mol. The van der Waals surface area contributed by atoms with Gasteiger partial charge in [-0.2, -0.15) is 5.26 Å². The highest BCUT2D eigenvalue weighted by Crippen LogP contribution is 2.31. The van der Waals surface area contributed by atoms with Gasteiger partial charge in [-0.25, -0.2) is 9.78 Å². The van der Waals surface area contributed by atoms with E-state index in [1.54, 1.807) is 30.2 Å². The van der Waals surface area contributed by atoms with Crippen molar-refractivity contribution in [1.29, 1.82) is 5.26 Å². The van der Waals surface area contributed by atoms with E-state index in [0.29, 0.717) is 22.9 Å². The zero-order valence-electron chi connectivity index (χ0n) is 20.9. The van der Waals surface area contributed by atoms with E-state index in [0.717, 1.165) is 27.8 Å². The number of nitrogens with two attached hydrogens (primary N) is 1. The molecule has 3 aromatic heterocycles. The Hall–Kier alpha value is -4.96. The van der Waals surface area contributed by atoms with Gasteiger partial charge in [0.2, 0.25) is 0 Å².